The molecule has 0 spiro atoms. The Bertz CT molecular complexity index is 360. The van der Waals surface area contributed by atoms with Gasteiger partial charge in [0.25, 0.3) is 0 Å². The molecule has 20 heavy (non-hydrogen) atoms. The molecule has 2 saturated heterocycles. The van der Waals surface area contributed by atoms with E-state index in [1.807, 2.05) is 6.92 Å². The summed E-state index contributed by atoms with van der Waals surface area (Å²) in [5.41, 5.74) is 0. The summed E-state index contributed by atoms with van der Waals surface area (Å²) in [7, 11) is 0. The molecule has 2 aliphatic rings. The van der Waals surface area contributed by atoms with Gasteiger partial charge >= 0.3 is 12.0 Å². The Balaban J connectivity index is 1.89. The third-order valence-corrected chi connectivity index (χ3v) is 5.30. The Morgan fingerprint density at radius 3 is 2.70 bits per heavy atom. The predicted octanol–water partition coefficient (Wildman–Crippen LogP) is 1.36. The van der Waals surface area contributed by atoms with E-state index in [9.17, 15) is 14.7 Å². The molecular weight excluding hydrogens is 280 g/mol. The molecule has 2 amide bonds. The Kier molecular flexibility index (Phi) is 5.54. The number of thioether (sulfide) groups is 1. The molecule has 0 saturated carbocycles. The molecule has 0 aromatic heterocycles. The lowest BCUT2D eigenvalue weighted by molar-refractivity contribution is -0.141. The predicted molar refractivity (Wildman–Crippen MR) is 76.7 cm³/mol. The van der Waals surface area contributed by atoms with Crippen LogP contribution in [0, 0.1) is 5.92 Å². The van der Waals surface area contributed by atoms with Crippen LogP contribution in [0.5, 0.6) is 0 Å². The van der Waals surface area contributed by atoms with Gasteiger partial charge in [0.2, 0.25) is 0 Å². The first-order chi connectivity index (χ1) is 9.63. The number of carbonyl (C=O) groups excluding carboxylic acids is 1. The smallest absolute Gasteiger partial charge is 0.327 e. The van der Waals surface area contributed by atoms with Crippen LogP contribution in [0.1, 0.15) is 26.2 Å². The van der Waals surface area contributed by atoms with Gasteiger partial charge in [-0.3, -0.25) is 4.90 Å². The third kappa shape index (κ3) is 3.58. The lowest BCUT2D eigenvalue weighted by Crippen LogP contribution is -2.51. The average molecular weight is 302 g/mol. The van der Waals surface area contributed by atoms with E-state index < -0.39 is 12.0 Å². The monoisotopic (exact) mass is 302 g/mol. The van der Waals surface area contributed by atoms with E-state index in [0.717, 1.165) is 32.5 Å². The lowest BCUT2D eigenvalue weighted by atomic mass is 10.0. The number of carboxylic acids is 1. The minimum Gasteiger partial charge on any atom is -0.480 e. The maximum absolute atomic E-state index is 12.3. The van der Waals surface area contributed by atoms with Crippen molar-refractivity contribution in [3.8, 4) is 0 Å². The van der Waals surface area contributed by atoms with Gasteiger partial charge in [-0.15, -0.1) is 11.8 Å². The van der Waals surface area contributed by atoms with Crippen molar-refractivity contribution >= 4 is 23.8 Å². The van der Waals surface area contributed by atoms with Crippen molar-refractivity contribution in [3.05, 3.63) is 0 Å². The van der Waals surface area contributed by atoms with Crippen molar-refractivity contribution in [1.29, 1.82) is 0 Å². The normalized spacial score (nSPS) is 27.6. The summed E-state index contributed by atoms with van der Waals surface area (Å²) >= 11 is 1.54. The van der Waals surface area contributed by atoms with E-state index in [1.54, 1.807) is 11.8 Å². The second-order valence-electron chi connectivity index (χ2n) is 5.20. The van der Waals surface area contributed by atoms with Gasteiger partial charge in [-0.1, -0.05) is 6.92 Å². The van der Waals surface area contributed by atoms with Crippen LogP contribution in [-0.4, -0.2) is 58.9 Å². The van der Waals surface area contributed by atoms with Gasteiger partial charge in [0.05, 0.1) is 5.37 Å². The number of aliphatic carboxylic acids is 1. The van der Waals surface area contributed by atoms with Crippen LogP contribution >= 0.6 is 11.8 Å². The van der Waals surface area contributed by atoms with Crippen molar-refractivity contribution in [3.63, 3.8) is 0 Å². The summed E-state index contributed by atoms with van der Waals surface area (Å²) < 4.78 is 5.29. The zero-order valence-electron chi connectivity index (χ0n) is 11.7. The van der Waals surface area contributed by atoms with E-state index in [1.165, 1.54) is 4.90 Å². The van der Waals surface area contributed by atoms with E-state index in [0.29, 0.717) is 18.2 Å². The minimum atomic E-state index is -0.922. The number of carbonyl (C=O) groups is 2. The molecule has 0 bridgehead atoms. The van der Waals surface area contributed by atoms with Gasteiger partial charge in [0.1, 0.15) is 6.04 Å². The van der Waals surface area contributed by atoms with Crippen LogP contribution < -0.4 is 5.32 Å². The molecule has 2 N–H and O–H groups in total. The number of amides is 2. The zero-order chi connectivity index (χ0) is 14.5. The van der Waals surface area contributed by atoms with Crippen molar-refractivity contribution < 1.29 is 19.4 Å². The van der Waals surface area contributed by atoms with Crippen LogP contribution in [0.15, 0.2) is 0 Å². The van der Waals surface area contributed by atoms with Crippen molar-refractivity contribution in [2.45, 2.75) is 37.6 Å². The van der Waals surface area contributed by atoms with E-state index in [2.05, 4.69) is 5.32 Å². The molecule has 6 nitrogen and oxygen atoms in total. The number of rotatable bonds is 4. The van der Waals surface area contributed by atoms with Gasteiger partial charge in [0.15, 0.2) is 0 Å². The summed E-state index contributed by atoms with van der Waals surface area (Å²) in [5.74, 6) is -0.0144. The van der Waals surface area contributed by atoms with Gasteiger partial charge in [0, 0.05) is 25.5 Å². The molecule has 0 radical (unpaired) electrons. The van der Waals surface area contributed by atoms with Crippen LogP contribution in [0.4, 0.5) is 4.79 Å². The SMILES string of the molecule is CCC1SCC(C(=O)O)N1C(=O)NCC1CCOCC1. The number of ether oxygens (including phenoxy) is 1. The van der Waals surface area contributed by atoms with Crippen LogP contribution in [0.3, 0.4) is 0 Å². The maximum atomic E-state index is 12.3. The Hall–Kier alpha value is -0.950. The summed E-state index contributed by atoms with van der Waals surface area (Å²) in [6.45, 7) is 4.07. The topological polar surface area (TPSA) is 78.9 Å². The highest BCUT2D eigenvalue weighted by Gasteiger charge is 2.40. The highest BCUT2D eigenvalue weighted by molar-refractivity contribution is 8.00. The molecule has 114 valence electrons. The molecule has 2 atom stereocenters. The lowest BCUT2D eigenvalue weighted by Gasteiger charge is -2.28. The first kappa shape index (κ1) is 15.4. The fourth-order valence-electron chi connectivity index (χ4n) is 2.61. The molecule has 0 aromatic carbocycles. The number of nitrogens with one attached hydrogen (secondary N) is 1. The van der Waals surface area contributed by atoms with Crippen molar-refractivity contribution in [2.24, 2.45) is 5.92 Å². The van der Waals surface area contributed by atoms with Gasteiger partial charge < -0.3 is 15.2 Å². The quantitative estimate of drug-likeness (QED) is 0.820. The zero-order valence-corrected chi connectivity index (χ0v) is 12.5. The molecule has 2 unspecified atom stereocenters. The molecule has 7 heteroatoms. The fraction of sp³-hybridized carbons (Fsp3) is 0.846. The number of hydrogen-bond donors (Lipinski definition) is 2. The Labute approximate surface area is 123 Å². The van der Waals surface area contributed by atoms with Crippen LogP contribution in [0.2, 0.25) is 0 Å². The largest absolute Gasteiger partial charge is 0.480 e. The fourth-order valence-corrected chi connectivity index (χ4v) is 3.96. The van der Waals surface area contributed by atoms with Gasteiger partial charge in [-0.25, -0.2) is 9.59 Å². The Morgan fingerprint density at radius 2 is 2.10 bits per heavy atom. The maximum Gasteiger partial charge on any atom is 0.327 e. The first-order valence-corrected chi connectivity index (χ1v) is 8.16. The molecule has 0 aromatic rings. The van der Waals surface area contributed by atoms with Crippen molar-refractivity contribution in [2.75, 3.05) is 25.5 Å². The number of urea groups is 1. The molecule has 0 aliphatic carbocycles. The Morgan fingerprint density at radius 1 is 1.40 bits per heavy atom. The molecule has 2 fully saturated rings. The summed E-state index contributed by atoms with van der Waals surface area (Å²) in [5, 5.41) is 12.1. The second kappa shape index (κ2) is 7.17. The van der Waals surface area contributed by atoms with Crippen LogP contribution in [-0.2, 0) is 9.53 Å². The van der Waals surface area contributed by atoms with E-state index >= 15 is 0 Å². The van der Waals surface area contributed by atoms with Gasteiger partial charge in [-0.05, 0) is 25.2 Å². The molecule has 2 rings (SSSR count). The standard InChI is InChI=1S/C13H22N2O4S/c1-2-11-15(10(8-20-11)12(16)17)13(18)14-7-9-3-5-19-6-4-9/h9-11H,2-8H2,1H3,(H,14,18)(H,16,17). The minimum absolute atomic E-state index is 0.0363. The highest BCUT2D eigenvalue weighted by atomic mass is 32.2. The van der Waals surface area contributed by atoms with Gasteiger partial charge in [-0.2, -0.15) is 0 Å². The van der Waals surface area contributed by atoms with E-state index in [4.69, 9.17) is 4.74 Å². The summed E-state index contributed by atoms with van der Waals surface area (Å²) in [6.07, 6.45) is 2.67. The molecular formula is C13H22N2O4S. The number of hydrogen-bond acceptors (Lipinski definition) is 4. The van der Waals surface area contributed by atoms with E-state index in [-0.39, 0.29) is 11.4 Å². The summed E-state index contributed by atoms with van der Waals surface area (Å²) in [4.78, 5) is 25.0. The number of carboxylic acid groups (broad SMARTS) is 1. The second-order valence-corrected chi connectivity index (χ2v) is 6.41. The molecule has 2 aliphatic heterocycles. The number of nitrogens with zero attached hydrogens (tertiary/aromatic N) is 1. The third-order valence-electron chi connectivity index (χ3n) is 3.84. The van der Waals surface area contributed by atoms with Crippen LogP contribution in [0.25, 0.3) is 0 Å². The first-order valence-electron chi connectivity index (χ1n) is 7.11. The summed E-state index contributed by atoms with van der Waals surface area (Å²) in [6, 6.07) is -0.958. The highest BCUT2D eigenvalue weighted by Crippen LogP contribution is 2.31. The molecule has 2 heterocycles. The average Bonchev–Trinajstić information content (AvgIpc) is 2.90. The van der Waals surface area contributed by atoms with Crippen molar-refractivity contribution in [1.82, 2.24) is 10.2 Å².